The number of rotatable bonds is 3. The summed E-state index contributed by atoms with van der Waals surface area (Å²) in [4.78, 5) is 0. The second kappa shape index (κ2) is 3.62. The Morgan fingerprint density at radius 1 is 1.44 bits per heavy atom. The van der Waals surface area contributed by atoms with E-state index in [1.165, 1.54) is 6.21 Å². The van der Waals surface area contributed by atoms with Gasteiger partial charge in [0.25, 0.3) is 0 Å². The number of hydrogen-bond acceptors (Lipinski definition) is 2. The van der Waals surface area contributed by atoms with Gasteiger partial charge in [-0.05, 0) is 33.4 Å². The first-order valence-corrected chi connectivity index (χ1v) is 3.30. The van der Waals surface area contributed by atoms with Crippen LogP contribution in [-0.2, 0) is 0 Å². The Morgan fingerprint density at radius 2 is 2.00 bits per heavy atom. The van der Waals surface area contributed by atoms with Crippen molar-refractivity contribution in [2.24, 2.45) is 0 Å². The summed E-state index contributed by atoms with van der Waals surface area (Å²) < 4.78 is 0. The van der Waals surface area contributed by atoms with Crippen molar-refractivity contribution in [3.8, 4) is 0 Å². The molecule has 0 aromatic heterocycles. The van der Waals surface area contributed by atoms with E-state index in [1.807, 2.05) is 0 Å². The summed E-state index contributed by atoms with van der Waals surface area (Å²) in [6, 6.07) is 0. The SMILES string of the molecule is CC(C)(C)NCCC=N. The van der Waals surface area contributed by atoms with Gasteiger partial charge in [0.1, 0.15) is 0 Å². The zero-order valence-electron chi connectivity index (χ0n) is 6.49. The maximum Gasteiger partial charge on any atom is 0.00966 e. The molecule has 0 bridgehead atoms. The lowest BCUT2D eigenvalue weighted by atomic mass is 10.1. The third kappa shape index (κ3) is 7.63. The highest BCUT2D eigenvalue weighted by molar-refractivity contribution is 5.52. The highest BCUT2D eigenvalue weighted by Crippen LogP contribution is 1.96. The Labute approximate surface area is 57.2 Å². The van der Waals surface area contributed by atoms with Crippen molar-refractivity contribution in [1.82, 2.24) is 5.32 Å². The first-order valence-electron chi connectivity index (χ1n) is 3.30. The fraction of sp³-hybridized carbons (Fsp3) is 0.857. The first kappa shape index (κ1) is 8.63. The molecule has 0 aromatic rings. The number of hydrogen-bond donors (Lipinski definition) is 2. The molecule has 0 saturated heterocycles. The van der Waals surface area contributed by atoms with E-state index >= 15 is 0 Å². The molecule has 0 saturated carbocycles. The highest BCUT2D eigenvalue weighted by atomic mass is 14.9. The Hall–Kier alpha value is -0.370. The van der Waals surface area contributed by atoms with Crippen molar-refractivity contribution in [3.05, 3.63) is 0 Å². The summed E-state index contributed by atoms with van der Waals surface area (Å²) in [5, 5.41) is 10.0. The Kier molecular flexibility index (Phi) is 3.47. The molecule has 0 aliphatic rings. The smallest absolute Gasteiger partial charge is 0.00966 e. The summed E-state index contributed by atoms with van der Waals surface area (Å²) >= 11 is 0. The Bertz CT molecular complexity index is 81.4. The molecule has 54 valence electrons. The van der Waals surface area contributed by atoms with Crippen LogP contribution in [0.4, 0.5) is 0 Å². The molecule has 0 aliphatic carbocycles. The van der Waals surface area contributed by atoms with Crippen LogP contribution < -0.4 is 5.32 Å². The Morgan fingerprint density at radius 3 is 2.33 bits per heavy atom. The van der Waals surface area contributed by atoms with Gasteiger partial charge >= 0.3 is 0 Å². The average Bonchev–Trinajstić information content (AvgIpc) is 1.63. The van der Waals surface area contributed by atoms with Crippen molar-refractivity contribution in [1.29, 1.82) is 5.41 Å². The van der Waals surface area contributed by atoms with Gasteiger partial charge in [0.15, 0.2) is 0 Å². The minimum absolute atomic E-state index is 0.197. The van der Waals surface area contributed by atoms with Gasteiger partial charge in [-0.1, -0.05) is 0 Å². The minimum atomic E-state index is 0.197. The van der Waals surface area contributed by atoms with Crippen LogP contribution in [0.25, 0.3) is 0 Å². The van der Waals surface area contributed by atoms with Crippen molar-refractivity contribution in [2.75, 3.05) is 6.54 Å². The molecule has 0 rings (SSSR count). The molecular weight excluding hydrogens is 112 g/mol. The predicted molar refractivity (Wildman–Crippen MR) is 41.2 cm³/mol. The Balaban J connectivity index is 3.17. The van der Waals surface area contributed by atoms with E-state index in [4.69, 9.17) is 5.41 Å². The van der Waals surface area contributed by atoms with Crippen LogP contribution in [0.2, 0.25) is 0 Å². The van der Waals surface area contributed by atoms with Crippen molar-refractivity contribution < 1.29 is 0 Å². The molecule has 0 aromatic carbocycles. The van der Waals surface area contributed by atoms with Crippen LogP contribution >= 0.6 is 0 Å². The predicted octanol–water partition coefficient (Wildman–Crippen LogP) is 1.41. The fourth-order valence-corrected chi connectivity index (χ4v) is 0.519. The zero-order valence-corrected chi connectivity index (χ0v) is 6.49. The van der Waals surface area contributed by atoms with Gasteiger partial charge in [-0.3, -0.25) is 0 Å². The molecule has 0 fully saturated rings. The molecule has 0 unspecified atom stereocenters. The van der Waals surface area contributed by atoms with Crippen molar-refractivity contribution in [2.45, 2.75) is 32.7 Å². The van der Waals surface area contributed by atoms with Crippen molar-refractivity contribution >= 4 is 6.21 Å². The molecule has 2 nitrogen and oxygen atoms in total. The van der Waals surface area contributed by atoms with E-state index in [1.54, 1.807) is 0 Å². The summed E-state index contributed by atoms with van der Waals surface area (Å²) in [6.45, 7) is 7.28. The standard InChI is InChI=1S/C7H16N2/c1-7(2,3)9-6-4-5-8/h5,8-9H,4,6H2,1-3H3. The third-order valence-corrected chi connectivity index (χ3v) is 0.944. The van der Waals surface area contributed by atoms with Crippen LogP contribution in [0.5, 0.6) is 0 Å². The van der Waals surface area contributed by atoms with Crippen LogP contribution in [0, 0.1) is 5.41 Å². The van der Waals surface area contributed by atoms with Gasteiger partial charge in [0, 0.05) is 12.1 Å². The molecule has 2 N–H and O–H groups in total. The molecule has 0 amide bonds. The first-order chi connectivity index (χ1) is 4.06. The molecular formula is C7H16N2. The normalized spacial score (nSPS) is 11.4. The monoisotopic (exact) mass is 128 g/mol. The van der Waals surface area contributed by atoms with E-state index in [-0.39, 0.29) is 5.54 Å². The minimum Gasteiger partial charge on any atom is -0.313 e. The van der Waals surface area contributed by atoms with Crippen LogP contribution in [0.15, 0.2) is 0 Å². The lowest BCUT2D eigenvalue weighted by molar-refractivity contribution is 0.434. The summed E-state index contributed by atoms with van der Waals surface area (Å²) in [5.74, 6) is 0. The lowest BCUT2D eigenvalue weighted by Gasteiger charge is -2.19. The van der Waals surface area contributed by atoms with Crippen LogP contribution in [0.1, 0.15) is 27.2 Å². The van der Waals surface area contributed by atoms with Crippen molar-refractivity contribution in [3.63, 3.8) is 0 Å². The molecule has 9 heavy (non-hydrogen) atoms. The molecule has 0 aliphatic heterocycles. The molecule has 0 spiro atoms. The van der Waals surface area contributed by atoms with E-state index in [9.17, 15) is 0 Å². The van der Waals surface area contributed by atoms with Gasteiger partial charge in [0.05, 0.1) is 0 Å². The van der Waals surface area contributed by atoms with E-state index in [0.29, 0.717) is 0 Å². The topological polar surface area (TPSA) is 35.9 Å². The van der Waals surface area contributed by atoms with E-state index in [0.717, 1.165) is 13.0 Å². The van der Waals surface area contributed by atoms with Crippen LogP contribution in [0.3, 0.4) is 0 Å². The summed E-state index contributed by atoms with van der Waals surface area (Å²) in [7, 11) is 0. The van der Waals surface area contributed by atoms with E-state index in [2.05, 4.69) is 26.1 Å². The molecule has 0 heterocycles. The maximum absolute atomic E-state index is 6.75. The molecule has 2 heteroatoms. The quantitative estimate of drug-likeness (QED) is 0.437. The molecule has 0 radical (unpaired) electrons. The van der Waals surface area contributed by atoms with E-state index < -0.39 is 0 Å². The average molecular weight is 128 g/mol. The van der Waals surface area contributed by atoms with Gasteiger partial charge in [-0.2, -0.15) is 0 Å². The van der Waals surface area contributed by atoms with Gasteiger partial charge in [-0.25, -0.2) is 0 Å². The number of nitrogens with one attached hydrogen (secondary N) is 2. The summed E-state index contributed by atoms with van der Waals surface area (Å²) in [5.41, 5.74) is 0.197. The van der Waals surface area contributed by atoms with Gasteiger partial charge in [-0.15, -0.1) is 0 Å². The van der Waals surface area contributed by atoms with Crippen LogP contribution in [-0.4, -0.2) is 18.3 Å². The second-order valence-electron chi connectivity index (χ2n) is 3.17. The largest absolute Gasteiger partial charge is 0.313 e. The second-order valence-corrected chi connectivity index (χ2v) is 3.17. The van der Waals surface area contributed by atoms with Gasteiger partial charge < -0.3 is 10.7 Å². The summed E-state index contributed by atoms with van der Waals surface area (Å²) in [6.07, 6.45) is 2.26. The highest BCUT2D eigenvalue weighted by Gasteiger charge is 2.05. The third-order valence-electron chi connectivity index (χ3n) is 0.944. The maximum atomic E-state index is 6.75. The lowest BCUT2D eigenvalue weighted by Crippen LogP contribution is -2.36. The zero-order chi connectivity index (χ0) is 7.33. The van der Waals surface area contributed by atoms with Gasteiger partial charge in [0.2, 0.25) is 0 Å². The molecule has 0 atom stereocenters. The fourth-order valence-electron chi connectivity index (χ4n) is 0.519.